The number of fused-ring (bicyclic) bond motifs is 1. The van der Waals surface area contributed by atoms with E-state index in [1.54, 1.807) is 0 Å². The summed E-state index contributed by atoms with van der Waals surface area (Å²) < 4.78 is -0.560. The number of hydrogen-bond acceptors (Lipinski definition) is 5. The van der Waals surface area contributed by atoms with Crippen LogP contribution in [-0.2, 0) is 5.72 Å². The molecule has 1 aromatic carbocycles. The van der Waals surface area contributed by atoms with Gasteiger partial charge in [0, 0.05) is 10.2 Å². The molecule has 2 saturated heterocycles. The van der Waals surface area contributed by atoms with E-state index in [-0.39, 0.29) is 8.83 Å². The summed E-state index contributed by atoms with van der Waals surface area (Å²) in [5.74, 6) is 3.88. The Morgan fingerprint density at radius 1 is 1.37 bits per heavy atom. The number of terminal acetylenes is 1. The number of thiol groups is 1. The van der Waals surface area contributed by atoms with Crippen LogP contribution in [0, 0.1) is 23.7 Å². The molecule has 2 aliphatic heterocycles. The molecule has 0 amide bonds. The van der Waals surface area contributed by atoms with Crippen LogP contribution >= 0.6 is 36.2 Å². The topological polar surface area (TPSA) is 23.5 Å². The molecule has 2 spiro atoms. The molecule has 1 aliphatic carbocycles. The van der Waals surface area contributed by atoms with Crippen molar-refractivity contribution in [3.63, 3.8) is 0 Å². The summed E-state index contributed by atoms with van der Waals surface area (Å²) in [7, 11) is 3.86. The second kappa shape index (κ2) is 6.75. The van der Waals surface area contributed by atoms with Crippen LogP contribution in [0.3, 0.4) is 0 Å². The summed E-state index contributed by atoms with van der Waals surface area (Å²) >= 11 is 9.42. The summed E-state index contributed by atoms with van der Waals surface area (Å²) in [4.78, 5) is 1.91. The van der Waals surface area contributed by atoms with Gasteiger partial charge in [-0.25, -0.2) is 0 Å². The lowest BCUT2D eigenvalue weighted by molar-refractivity contribution is -0.193. The second-order valence-corrected chi connectivity index (χ2v) is 13.9. The van der Waals surface area contributed by atoms with Crippen LogP contribution < -0.4 is 0 Å². The number of hydrogen-bond donors (Lipinski definition) is 2. The predicted octanol–water partition coefficient (Wildman–Crippen LogP) is 5.39. The van der Waals surface area contributed by atoms with Gasteiger partial charge in [0.15, 0.2) is 5.72 Å². The van der Waals surface area contributed by atoms with Crippen LogP contribution in [0.1, 0.15) is 45.6 Å². The fourth-order valence-electron chi connectivity index (χ4n) is 5.97. The van der Waals surface area contributed by atoms with Gasteiger partial charge in [-0.3, -0.25) is 4.90 Å². The minimum Gasteiger partial charge on any atom is -0.371 e. The van der Waals surface area contributed by atoms with Crippen molar-refractivity contribution in [1.29, 1.82) is 0 Å². The van der Waals surface area contributed by atoms with Crippen LogP contribution in [-0.4, -0.2) is 42.4 Å². The minimum absolute atomic E-state index is 0.132. The number of benzene rings is 1. The third-order valence-electron chi connectivity index (χ3n) is 8.16. The highest BCUT2D eigenvalue weighted by Crippen LogP contribution is 3.00. The standard InChI is InChI=1S/C25H33NOS3/c1-8-10-16-20(4,24(27,26(6)7)19-14-12-11-13-15-19)23(28,9-2)21(5)25(29-21)22(30-25)17-18(22)3/h2,8,11-15,18,27-28H,1,10,16-17H2,3-7H3. The Labute approximate surface area is 196 Å². The maximum absolute atomic E-state index is 12.5. The van der Waals surface area contributed by atoms with Crippen molar-refractivity contribution in [2.45, 2.75) is 64.1 Å². The molecule has 7 unspecified atom stereocenters. The molecule has 3 fully saturated rings. The maximum atomic E-state index is 12.5. The zero-order chi connectivity index (χ0) is 22.2. The zero-order valence-electron chi connectivity index (χ0n) is 18.6. The molecule has 4 rings (SSSR count). The van der Waals surface area contributed by atoms with Gasteiger partial charge in [-0.1, -0.05) is 56.2 Å². The number of rotatable bonds is 8. The Balaban J connectivity index is 1.87. The van der Waals surface area contributed by atoms with Gasteiger partial charge in [-0.15, -0.1) is 36.5 Å². The predicted molar refractivity (Wildman–Crippen MR) is 135 cm³/mol. The summed E-state index contributed by atoms with van der Waals surface area (Å²) in [5, 5.41) is 12.5. The average Bonchev–Trinajstić information content (AvgIpc) is 3.67. The monoisotopic (exact) mass is 459 g/mol. The Morgan fingerprint density at radius 3 is 2.40 bits per heavy atom. The van der Waals surface area contributed by atoms with Crippen molar-refractivity contribution in [3.05, 3.63) is 48.6 Å². The first-order chi connectivity index (χ1) is 14.0. The van der Waals surface area contributed by atoms with Crippen LogP contribution in [0.25, 0.3) is 0 Å². The van der Waals surface area contributed by atoms with Crippen molar-refractivity contribution in [2.75, 3.05) is 14.1 Å². The number of aliphatic hydroxyl groups is 1. The van der Waals surface area contributed by atoms with Gasteiger partial charge in [0.25, 0.3) is 0 Å². The normalized spacial score (nSPS) is 39.6. The van der Waals surface area contributed by atoms with E-state index in [4.69, 9.17) is 19.1 Å². The van der Waals surface area contributed by atoms with Crippen molar-refractivity contribution in [2.24, 2.45) is 11.3 Å². The van der Waals surface area contributed by atoms with E-state index >= 15 is 0 Å². The molecule has 5 heteroatoms. The van der Waals surface area contributed by atoms with Gasteiger partial charge in [0.2, 0.25) is 0 Å². The Bertz CT molecular complexity index is 915. The number of allylic oxidation sites excluding steroid dienone is 1. The largest absolute Gasteiger partial charge is 0.371 e. The molecule has 1 aromatic rings. The maximum Gasteiger partial charge on any atom is 0.151 e. The number of thioether (sulfide) groups is 2. The van der Waals surface area contributed by atoms with Crippen molar-refractivity contribution in [1.82, 2.24) is 4.90 Å². The summed E-state index contributed by atoms with van der Waals surface area (Å²) in [5.41, 5.74) is -1.18. The highest BCUT2D eigenvalue weighted by molar-refractivity contribution is 8.33. The molecule has 7 atom stereocenters. The van der Waals surface area contributed by atoms with E-state index in [1.807, 2.05) is 67.2 Å². The smallest absolute Gasteiger partial charge is 0.151 e. The molecule has 3 aliphatic rings. The summed E-state index contributed by atoms with van der Waals surface area (Å²) in [6.07, 6.45) is 11.0. The number of nitrogens with zero attached hydrogens (tertiary/aromatic N) is 1. The van der Waals surface area contributed by atoms with Crippen molar-refractivity contribution >= 4 is 36.2 Å². The van der Waals surface area contributed by atoms with Gasteiger partial charge in [-0.05, 0) is 51.8 Å². The molecule has 0 bridgehead atoms. The lowest BCUT2D eigenvalue weighted by Crippen LogP contribution is -2.66. The fraction of sp³-hybridized carbons (Fsp3) is 0.600. The van der Waals surface area contributed by atoms with E-state index < -0.39 is 15.9 Å². The first kappa shape index (κ1) is 22.7. The molecule has 2 nitrogen and oxygen atoms in total. The molecular weight excluding hydrogens is 426 g/mol. The van der Waals surface area contributed by atoms with Crippen LogP contribution in [0.4, 0.5) is 0 Å². The third-order valence-corrected chi connectivity index (χ3v) is 14.1. The lowest BCUT2D eigenvalue weighted by atomic mass is 9.59. The SMILES string of the molecule is C#CC(S)(C(C)(CCC=C)C(O)(c1ccccc1)N(C)C)C1(C)SC12SC21CC1C. The Kier molecular flexibility index (Phi) is 5.10. The first-order valence-electron chi connectivity index (χ1n) is 10.6. The highest BCUT2D eigenvalue weighted by Gasteiger charge is 2.98. The van der Waals surface area contributed by atoms with E-state index in [9.17, 15) is 5.11 Å². The molecular formula is C25H33NOS3. The second-order valence-electron chi connectivity index (χ2n) is 9.80. The van der Waals surface area contributed by atoms with Crippen LogP contribution in [0.5, 0.6) is 0 Å². The molecule has 0 radical (unpaired) electrons. The minimum atomic E-state index is -1.29. The van der Waals surface area contributed by atoms with Crippen LogP contribution in [0.15, 0.2) is 43.0 Å². The van der Waals surface area contributed by atoms with Crippen molar-refractivity contribution < 1.29 is 5.11 Å². The summed E-state index contributed by atoms with van der Waals surface area (Å²) in [6.45, 7) is 10.7. The van der Waals surface area contributed by atoms with Gasteiger partial charge < -0.3 is 5.11 Å². The lowest BCUT2D eigenvalue weighted by Gasteiger charge is -2.57. The van der Waals surface area contributed by atoms with E-state index in [0.29, 0.717) is 11.2 Å². The van der Waals surface area contributed by atoms with Crippen molar-refractivity contribution in [3.8, 4) is 12.3 Å². The molecule has 0 aromatic heterocycles. The Hall–Kier alpha value is -0.510. The third kappa shape index (κ3) is 2.41. The van der Waals surface area contributed by atoms with Crippen LogP contribution in [0.2, 0.25) is 0 Å². The molecule has 30 heavy (non-hydrogen) atoms. The fourth-order valence-corrected chi connectivity index (χ4v) is 11.7. The molecule has 2 heterocycles. The van der Waals surface area contributed by atoms with E-state index in [0.717, 1.165) is 17.9 Å². The molecule has 162 valence electrons. The Morgan fingerprint density at radius 2 is 1.97 bits per heavy atom. The quantitative estimate of drug-likeness (QED) is 0.179. The first-order valence-corrected chi connectivity index (χ1v) is 12.7. The highest BCUT2D eigenvalue weighted by atomic mass is 32.2. The zero-order valence-corrected chi connectivity index (χ0v) is 21.1. The van der Waals surface area contributed by atoms with Gasteiger partial charge in [-0.2, -0.15) is 12.6 Å². The van der Waals surface area contributed by atoms with Gasteiger partial charge in [0.1, 0.15) is 0 Å². The summed E-state index contributed by atoms with van der Waals surface area (Å²) in [6, 6.07) is 9.90. The van der Waals surface area contributed by atoms with Gasteiger partial charge in [0.05, 0.1) is 13.6 Å². The van der Waals surface area contributed by atoms with Gasteiger partial charge >= 0.3 is 0 Å². The van der Waals surface area contributed by atoms with E-state index in [1.165, 1.54) is 6.42 Å². The average molecular weight is 460 g/mol. The molecule has 1 saturated carbocycles. The van der Waals surface area contributed by atoms with E-state index in [2.05, 4.69) is 45.0 Å². The molecule has 1 N–H and O–H groups in total.